The fourth-order valence-electron chi connectivity index (χ4n) is 3.53. The first-order valence-corrected chi connectivity index (χ1v) is 10.3. The van der Waals surface area contributed by atoms with Crippen LogP contribution in [0.25, 0.3) is 11.0 Å². The maximum absolute atomic E-state index is 13.2. The molecule has 4 rings (SSSR count). The topological polar surface area (TPSA) is 101 Å². The van der Waals surface area contributed by atoms with E-state index < -0.39 is 17.0 Å². The van der Waals surface area contributed by atoms with Gasteiger partial charge in [0.1, 0.15) is 17.2 Å². The molecule has 0 saturated carbocycles. The minimum absolute atomic E-state index is 0.301. The van der Waals surface area contributed by atoms with Crippen LogP contribution in [0, 0.1) is 0 Å². The number of hydrogen-bond donors (Lipinski definition) is 1. The maximum Gasteiger partial charge on any atom is 0.316 e. The Hall–Kier alpha value is -4.53. The number of nitrogens with one attached hydrogen (secondary N) is 1. The van der Waals surface area contributed by atoms with E-state index in [-0.39, 0.29) is 0 Å². The van der Waals surface area contributed by atoms with Gasteiger partial charge in [-0.2, -0.15) is 0 Å². The van der Waals surface area contributed by atoms with Gasteiger partial charge in [-0.1, -0.05) is 18.2 Å². The second-order valence-corrected chi connectivity index (χ2v) is 7.54. The van der Waals surface area contributed by atoms with Crippen LogP contribution in [0.4, 0.5) is 5.69 Å². The molecule has 0 aliphatic heterocycles. The van der Waals surface area contributed by atoms with Gasteiger partial charge >= 0.3 is 11.1 Å². The largest absolute Gasteiger partial charge is 0.497 e. The highest BCUT2D eigenvalue weighted by molar-refractivity contribution is 6.06. The molecule has 34 heavy (non-hydrogen) atoms. The number of carbonyl (C=O) groups excluding carboxylic acids is 1. The second kappa shape index (κ2) is 9.14. The highest BCUT2D eigenvalue weighted by Crippen LogP contribution is 2.34. The third-order valence-corrected chi connectivity index (χ3v) is 5.42. The highest BCUT2D eigenvalue weighted by atomic mass is 16.5. The van der Waals surface area contributed by atoms with Crippen molar-refractivity contribution in [2.45, 2.75) is 0 Å². The van der Waals surface area contributed by atoms with Crippen molar-refractivity contribution >= 4 is 22.6 Å². The Morgan fingerprint density at radius 3 is 1.88 bits per heavy atom. The molecule has 0 aliphatic carbocycles. The van der Waals surface area contributed by atoms with Crippen molar-refractivity contribution in [3.63, 3.8) is 0 Å². The summed E-state index contributed by atoms with van der Waals surface area (Å²) >= 11 is 0. The van der Waals surface area contributed by atoms with E-state index in [2.05, 4.69) is 5.32 Å². The van der Waals surface area contributed by atoms with E-state index in [9.17, 15) is 14.4 Å². The van der Waals surface area contributed by atoms with Crippen LogP contribution in [0.2, 0.25) is 0 Å². The van der Waals surface area contributed by atoms with Crippen LogP contribution in [-0.2, 0) is 14.1 Å². The molecule has 0 atom stereocenters. The predicted molar refractivity (Wildman–Crippen MR) is 128 cm³/mol. The SMILES string of the molecule is COc1cc(OC)cc(C(=O)Nc2cc3c(cc2Oc2ccccc2)n(C)c(=O)c(=O)n3C)c1. The normalized spacial score (nSPS) is 10.7. The molecule has 0 spiro atoms. The van der Waals surface area contributed by atoms with Crippen molar-refractivity contribution in [3.8, 4) is 23.0 Å². The van der Waals surface area contributed by atoms with E-state index in [0.29, 0.717) is 45.3 Å². The van der Waals surface area contributed by atoms with Crippen molar-refractivity contribution in [1.82, 2.24) is 9.13 Å². The van der Waals surface area contributed by atoms with Crippen molar-refractivity contribution in [3.05, 3.63) is 86.9 Å². The van der Waals surface area contributed by atoms with Gasteiger partial charge in [0.15, 0.2) is 5.75 Å². The number of para-hydroxylation sites is 1. The van der Waals surface area contributed by atoms with Crippen LogP contribution in [0.3, 0.4) is 0 Å². The van der Waals surface area contributed by atoms with Gasteiger partial charge in [0, 0.05) is 31.8 Å². The first-order chi connectivity index (χ1) is 16.3. The molecule has 3 aromatic carbocycles. The summed E-state index contributed by atoms with van der Waals surface area (Å²) in [6.45, 7) is 0. The van der Waals surface area contributed by atoms with E-state index in [1.807, 2.05) is 18.2 Å². The molecule has 0 unspecified atom stereocenters. The first-order valence-electron chi connectivity index (χ1n) is 10.3. The van der Waals surface area contributed by atoms with E-state index in [0.717, 1.165) is 0 Å². The number of ether oxygens (including phenoxy) is 3. The number of anilines is 1. The van der Waals surface area contributed by atoms with Crippen LogP contribution < -0.4 is 30.6 Å². The Balaban J connectivity index is 1.86. The fourth-order valence-corrected chi connectivity index (χ4v) is 3.53. The molecular weight excluding hydrogens is 438 g/mol. The van der Waals surface area contributed by atoms with Gasteiger partial charge in [-0.3, -0.25) is 14.4 Å². The zero-order chi connectivity index (χ0) is 24.4. The second-order valence-electron chi connectivity index (χ2n) is 7.54. The summed E-state index contributed by atoms with van der Waals surface area (Å²) in [7, 11) is 6.01. The minimum atomic E-state index is -0.679. The fraction of sp³-hybridized carbons (Fsp3) is 0.160. The van der Waals surface area contributed by atoms with Gasteiger partial charge in [-0.15, -0.1) is 0 Å². The molecule has 1 amide bonds. The van der Waals surface area contributed by atoms with Crippen LogP contribution >= 0.6 is 0 Å². The minimum Gasteiger partial charge on any atom is -0.497 e. The van der Waals surface area contributed by atoms with Gasteiger partial charge < -0.3 is 28.7 Å². The zero-order valence-electron chi connectivity index (χ0n) is 19.1. The average Bonchev–Trinajstić information content (AvgIpc) is 2.87. The molecule has 1 aromatic heterocycles. The molecule has 4 aromatic rings. The van der Waals surface area contributed by atoms with Crippen molar-refractivity contribution in [2.24, 2.45) is 14.1 Å². The third kappa shape index (κ3) is 4.23. The molecule has 1 N–H and O–H groups in total. The molecule has 0 radical (unpaired) electrons. The van der Waals surface area contributed by atoms with E-state index in [1.54, 1.807) is 42.5 Å². The molecule has 0 aliphatic rings. The molecule has 174 valence electrons. The summed E-state index contributed by atoms with van der Waals surface area (Å²) < 4.78 is 19.1. The van der Waals surface area contributed by atoms with E-state index in [4.69, 9.17) is 14.2 Å². The predicted octanol–water partition coefficient (Wildman–Crippen LogP) is 3.30. The van der Waals surface area contributed by atoms with Crippen molar-refractivity contribution < 1.29 is 19.0 Å². The van der Waals surface area contributed by atoms with Crippen molar-refractivity contribution in [1.29, 1.82) is 0 Å². The Morgan fingerprint density at radius 1 is 0.765 bits per heavy atom. The number of fused-ring (bicyclic) bond motifs is 1. The summed E-state index contributed by atoms with van der Waals surface area (Å²) in [5, 5.41) is 2.84. The van der Waals surface area contributed by atoms with E-state index in [1.165, 1.54) is 37.4 Å². The lowest BCUT2D eigenvalue weighted by molar-refractivity contribution is 0.102. The number of carbonyl (C=O) groups is 1. The number of rotatable bonds is 6. The van der Waals surface area contributed by atoms with Crippen LogP contribution in [-0.4, -0.2) is 29.3 Å². The Labute approximate surface area is 194 Å². The smallest absolute Gasteiger partial charge is 0.316 e. The average molecular weight is 461 g/mol. The highest BCUT2D eigenvalue weighted by Gasteiger charge is 2.18. The Bertz CT molecular complexity index is 1480. The molecule has 0 bridgehead atoms. The number of hydrogen-bond acceptors (Lipinski definition) is 6. The monoisotopic (exact) mass is 461 g/mol. The van der Waals surface area contributed by atoms with Gasteiger partial charge in [-0.05, 0) is 30.3 Å². The van der Waals surface area contributed by atoms with Gasteiger partial charge in [-0.25, -0.2) is 0 Å². The number of aromatic nitrogens is 2. The summed E-state index contributed by atoms with van der Waals surface area (Å²) in [6, 6.07) is 17.1. The van der Waals surface area contributed by atoms with Crippen LogP contribution in [0.1, 0.15) is 10.4 Å². The number of aryl methyl sites for hydroxylation is 2. The Morgan fingerprint density at radius 2 is 1.32 bits per heavy atom. The van der Waals surface area contributed by atoms with E-state index >= 15 is 0 Å². The van der Waals surface area contributed by atoms with Crippen molar-refractivity contribution in [2.75, 3.05) is 19.5 Å². The number of amides is 1. The maximum atomic E-state index is 13.2. The summed E-state index contributed by atoms with van der Waals surface area (Å²) in [4.78, 5) is 37.9. The zero-order valence-corrected chi connectivity index (χ0v) is 19.1. The quantitative estimate of drug-likeness (QED) is 0.442. The lowest BCUT2D eigenvalue weighted by Gasteiger charge is -2.17. The molecule has 1 heterocycles. The molecule has 9 heteroatoms. The Kier molecular flexibility index (Phi) is 6.09. The first kappa shape index (κ1) is 22.7. The molecule has 0 saturated heterocycles. The van der Waals surface area contributed by atoms with Crippen LogP contribution in [0.5, 0.6) is 23.0 Å². The lowest BCUT2D eigenvalue weighted by Crippen LogP contribution is -2.39. The molecule has 9 nitrogen and oxygen atoms in total. The third-order valence-electron chi connectivity index (χ3n) is 5.42. The molecular formula is C25H23N3O6. The van der Waals surface area contributed by atoms with Crippen LogP contribution in [0.15, 0.2) is 70.3 Å². The van der Waals surface area contributed by atoms with Gasteiger partial charge in [0.2, 0.25) is 0 Å². The lowest BCUT2D eigenvalue weighted by atomic mass is 10.1. The molecule has 0 fully saturated rings. The number of nitrogens with zero attached hydrogens (tertiary/aromatic N) is 2. The summed E-state index contributed by atoms with van der Waals surface area (Å²) in [6.07, 6.45) is 0. The van der Waals surface area contributed by atoms with Gasteiger partial charge in [0.25, 0.3) is 5.91 Å². The van der Waals surface area contributed by atoms with Gasteiger partial charge in [0.05, 0.1) is 30.9 Å². The number of methoxy groups -OCH3 is 2. The summed E-state index contributed by atoms with van der Waals surface area (Å²) in [5.41, 5.74) is 0.195. The standard InChI is InChI=1S/C25H23N3O6/c1-27-20-13-19(26-23(29)15-10-17(32-3)12-18(11-15)33-4)22(34-16-8-6-5-7-9-16)14-21(20)28(2)25(31)24(27)30/h5-14H,1-4H3,(H,26,29). The summed E-state index contributed by atoms with van der Waals surface area (Å²) in [5.74, 6) is 1.32. The number of benzene rings is 3.